The van der Waals surface area contributed by atoms with E-state index in [1.54, 1.807) is 4.90 Å². The van der Waals surface area contributed by atoms with Crippen LogP contribution in [0.5, 0.6) is 0 Å². The van der Waals surface area contributed by atoms with Crippen LogP contribution >= 0.6 is 0 Å². The van der Waals surface area contributed by atoms with Crippen molar-refractivity contribution in [1.82, 2.24) is 4.90 Å². The van der Waals surface area contributed by atoms with E-state index in [1.165, 1.54) is 19.8 Å². The Labute approximate surface area is 210 Å². The topological polar surface area (TPSA) is 88.6 Å². The summed E-state index contributed by atoms with van der Waals surface area (Å²) in [5.74, 6) is -1.21. The van der Waals surface area contributed by atoms with Crippen LogP contribution in [-0.2, 0) is 30.2 Å². The third-order valence-corrected chi connectivity index (χ3v) is 6.54. The maximum absolute atomic E-state index is 12.9. The van der Waals surface area contributed by atoms with E-state index < -0.39 is 11.9 Å². The molecule has 2 aromatic rings. The van der Waals surface area contributed by atoms with E-state index in [0.717, 1.165) is 17.7 Å². The van der Waals surface area contributed by atoms with Gasteiger partial charge in [-0.05, 0) is 48.4 Å². The van der Waals surface area contributed by atoms with Crippen molar-refractivity contribution in [3.8, 4) is 0 Å². The summed E-state index contributed by atoms with van der Waals surface area (Å²) in [5, 5.41) is 0. The number of carbonyl (C=O) groups is 3. The second kappa shape index (κ2) is 11.3. The summed E-state index contributed by atoms with van der Waals surface area (Å²) in [4.78, 5) is 43.3. The molecule has 1 amide bonds. The predicted molar refractivity (Wildman–Crippen MR) is 135 cm³/mol. The number of rotatable bonds is 6. The van der Waals surface area contributed by atoms with E-state index in [2.05, 4.69) is 11.8 Å². The van der Waals surface area contributed by atoms with Gasteiger partial charge in [-0.1, -0.05) is 19.1 Å². The van der Waals surface area contributed by atoms with Crippen molar-refractivity contribution in [2.75, 3.05) is 63.5 Å². The molecular weight excluding hydrogens is 462 g/mol. The zero-order valence-electron chi connectivity index (χ0n) is 20.9. The first-order chi connectivity index (χ1) is 17.5. The van der Waals surface area contributed by atoms with E-state index in [4.69, 9.17) is 14.2 Å². The fourth-order valence-electron chi connectivity index (χ4n) is 4.42. The molecule has 1 saturated heterocycles. The smallest absolute Gasteiger partial charge is 0.355 e. The molecular formula is C27H31N3O6. The van der Waals surface area contributed by atoms with Crippen LogP contribution in [0.15, 0.2) is 59.8 Å². The number of hydrogen-bond acceptors (Lipinski definition) is 8. The second-order valence-corrected chi connectivity index (χ2v) is 8.56. The van der Waals surface area contributed by atoms with Crippen molar-refractivity contribution in [3.05, 3.63) is 70.9 Å². The molecule has 0 N–H and O–H groups in total. The van der Waals surface area contributed by atoms with Gasteiger partial charge in [-0.2, -0.15) is 0 Å². The summed E-state index contributed by atoms with van der Waals surface area (Å²) in [7, 11) is 2.53. The summed E-state index contributed by atoms with van der Waals surface area (Å²) >= 11 is 0. The monoisotopic (exact) mass is 493 g/mol. The third-order valence-electron chi connectivity index (χ3n) is 6.54. The highest BCUT2D eigenvalue weighted by molar-refractivity contribution is 6.03. The van der Waals surface area contributed by atoms with Crippen molar-refractivity contribution in [1.29, 1.82) is 0 Å². The van der Waals surface area contributed by atoms with Crippen molar-refractivity contribution in [2.45, 2.75) is 13.3 Å². The first-order valence-electron chi connectivity index (χ1n) is 11.9. The lowest BCUT2D eigenvalue weighted by Gasteiger charge is -2.36. The Bertz CT molecular complexity index is 1140. The Morgan fingerprint density at radius 2 is 1.44 bits per heavy atom. The number of aryl methyl sites for hydroxylation is 1. The summed E-state index contributed by atoms with van der Waals surface area (Å²) < 4.78 is 15.3. The highest BCUT2D eigenvalue weighted by Gasteiger charge is 2.32. The number of esters is 2. The molecule has 2 aromatic carbocycles. The third kappa shape index (κ3) is 5.21. The molecule has 0 aliphatic carbocycles. The van der Waals surface area contributed by atoms with E-state index in [9.17, 15) is 14.4 Å². The zero-order valence-corrected chi connectivity index (χ0v) is 20.9. The number of nitrogens with zero attached hydrogens (tertiary/aromatic N) is 3. The predicted octanol–water partition coefficient (Wildman–Crippen LogP) is 2.61. The second-order valence-electron chi connectivity index (χ2n) is 8.56. The molecule has 0 atom stereocenters. The summed E-state index contributed by atoms with van der Waals surface area (Å²) in [6.45, 7) is 4.86. The van der Waals surface area contributed by atoms with Gasteiger partial charge in [0.1, 0.15) is 12.4 Å². The Morgan fingerprint density at radius 3 is 2.03 bits per heavy atom. The van der Waals surface area contributed by atoms with Crippen LogP contribution in [0.1, 0.15) is 22.8 Å². The van der Waals surface area contributed by atoms with Crippen LogP contribution in [-0.4, -0.2) is 76.5 Å². The number of benzene rings is 2. The number of piperazine rings is 1. The van der Waals surface area contributed by atoms with Gasteiger partial charge in [0.05, 0.1) is 26.4 Å². The minimum Gasteiger partial charge on any atom is -0.466 e. The van der Waals surface area contributed by atoms with Crippen molar-refractivity contribution >= 4 is 29.2 Å². The number of carbonyl (C=O) groups excluding carboxylic acids is 3. The maximum Gasteiger partial charge on any atom is 0.355 e. The van der Waals surface area contributed by atoms with Gasteiger partial charge in [0, 0.05) is 43.1 Å². The molecule has 0 saturated carbocycles. The molecule has 9 heteroatoms. The van der Waals surface area contributed by atoms with Crippen molar-refractivity contribution < 1.29 is 28.6 Å². The van der Waals surface area contributed by atoms with Crippen LogP contribution < -0.4 is 9.80 Å². The molecule has 4 rings (SSSR count). The molecule has 0 radical (unpaired) electrons. The van der Waals surface area contributed by atoms with Gasteiger partial charge in [0.25, 0.3) is 5.91 Å². The van der Waals surface area contributed by atoms with E-state index in [1.807, 2.05) is 53.4 Å². The van der Waals surface area contributed by atoms with Crippen molar-refractivity contribution in [3.63, 3.8) is 0 Å². The minimum absolute atomic E-state index is 0.0303. The molecule has 2 aliphatic heterocycles. The molecule has 0 spiro atoms. The average Bonchev–Trinajstić information content (AvgIpc) is 2.95. The molecule has 2 aliphatic rings. The summed E-state index contributed by atoms with van der Waals surface area (Å²) in [6.07, 6.45) is 0.948. The number of anilines is 2. The number of ether oxygens (including phenoxy) is 3. The quantitative estimate of drug-likeness (QED) is 0.568. The fraction of sp³-hybridized carbons (Fsp3) is 0.370. The minimum atomic E-state index is -0.634. The van der Waals surface area contributed by atoms with Crippen LogP contribution in [0.2, 0.25) is 0 Å². The van der Waals surface area contributed by atoms with Gasteiger partial charge in [-0.15, -0.1) is 0 Å². The molecule has 1 fully saturated rings. The fourth-order valence-corrected chi connectivity index (χ4v) is 4.42. The highest BCUT2D eigenvalue weighted by Crippen LogP contribution is 2.29. The van der Waals surface area contributed by atoms with Gasteiger partial charge in [-0.3, -0.25) is 4.79 Å². The maximum atomic E-state index is 12.9. The average molecular weight is 494 g/mol. The van der Waals surface area contributed by atoms with Crippen molar-refractivity contribution in [2.24, 2.45) is 0 Å². The van der Waals surface area contributed by atoms with Gasteiger partial charge in [-0.25, -0.2) is 9.59 Å². The van der Waals surface area contributed by atoms with Crippen LogP contribution in [0.25, 0.3) is 0 Å². The van der Waals surface area contributed by atoms with Crippen LogP contribution in [0.3, 0.4) is 0 Å². The zero-order chi connectivity index (χ0) is 25.7. The first-order valence-corrected chi connectivity index (χ1v) is 11.9. The number of methoxy groups -OCH3 is 2. The molecule has 9 nitrogen and oxygen atoms in total. The molecule has 0 unspecified atom stereocenters. The van der Waals surface area contributed by atoms with E-state index >= 15 is 0 Å². The van der Waals surface area contributed by atoms with E-state index in [0.29, 0.717) is 31.9 Å². The lowest BCUT2D eigenvalue weighted by atomic mass is 10.1. The standard InChI is InChI=1S/C27H31N3O6/c1-4-19-5-7-20(8-6-19)25(31)29-15-13-28(14-16-29)21-9-11-22(12-10-21)30-18-36-17-23(26(32)34-2)24(30)27(33)35-3/h5-12H,4,13-18H2,1-3H3. The molecule has 0 aromatic heterocycles. The molecule has 0 bridgehead atoms. The van der Waals surface area contributed by atoms with Crippen LogP contribution in [0, 0.1) is 0 Å². The van der Waals surface area contributed by atoms with Crippen LogP contribution in [0.4, 0.5) is 11.4 Å². The Balaban J connectivity index is 1.44. The normalized spacial score (nSPS) is 16.1. The lowest BCUT2D eigenvalue weighted by molar-refractivity contribution is -0.140. The Hall–Kier alpha value is -3.85. The highest BCUT2D eigenvalue weighted by atomic mass is 16.5. The molecule has 36 heavy (non-hydrogen) atoms. The summed E-state index contributed by atoms with van der Waals surface area (Å²) in [6, 6.07) is 15.5. The SMILES string of the molecule is CCc1ccc(C(=O)N2CCN(c3ccc(N4COCC(C(=O)OC)=C4C(=O)OC)cc3)CC2)cc1. The largest absolute Gasteiger partial charge is 0.466 e. The lowest BCUT2D eigenvalue weighted by Crippen LogP contribution is -2.48. The van der Waals surface area contributed by atoms with Gasteiger partial charge >= 0.3 is 11.9 Å². The Morgan fingerprint density at radius 1 is 0.833 bits per heavy atom. The molecule has 2 heterocycles. The van der Waals surface area contributed by atoms with Gasteiger partial charge < -0.3 is 28.9 Å². The number of hydrogen-bond donors (Lipinski definition) is 0. The number of amides is 1. The van der Waals surface area contributed by atoms with E-state index in [-0.39, 0.29) is 30.5 Å². The molecule has 190 valence electrons. The summed E-state index contributed by atoms with van der Waals surface area (Å²) in [5.41, 5.74) is 3.85. The van der Waals surface area contributed by atoms with Gasteiger partial charge in [0.15, 0.2) is 0 Å². The first kappa shape index (κ1) is 25.2. The Kier molecular flexibility index (Phi) is 7.90. The van der Waals surface area contributed by atoms with Gasteiger partial charge in [0.2, 0.25) is 0 Å².